The van der Waals surface area contributed by atoms with Gasteiger partial charge in [0.1, 0.15) is 5.75 Å². The number of methoxy groups -OCH3 is 1. The second-order valence-electron chi connectivity index (χ2n) is 4.13. The third-order valence-electron chi connectivity index (χ3n) is 2.87. The number of carbonyl (C=O) groups excluding carboxylic acids is 1. The highest BCUT2D eigenvalue weighted by atomic mass is 16.5. The van der Waals surface area contributed by atoms with Crippen LogP contribution < -0.4 is 4.74 Å². The predicted octanol–water partition coefficient (Wildman–Crippen LogP) is 1.56. The van der Waals surface area contributed by atoms with Crippen molar-refractivity contribution in [3.8, 4) is 5.75 Å². The highest BCUT2D eigenvalue weighted by Crippen LogP contribution is 2.20. The third kappa shape index (κ3) is 2.58. The normalized spacial score (nSPS) is 20.1. The molecule has 0 aliphatic carbocycles. The van der Waals surface area contributed by atoms with Gasteiger partial charge in [-0.2, -0.15) is 0 Å². The van der Waals surface area contributed by atoms with Crippen molar-refractivity contribution in [1.29, 1.82) is 0 Å². The Labute approximate surface area is 101 Å². The van der Waals surface area contributed by atoms with Crippen LogP contribution in [0, 0.1) is 0 Å². The first kappa shape index (κ1) is 11.9. The van der Waals surface area contributed by atoms with E-state index >= 15 is 0 Å². The molecule has 1 amide bonds. The van der Waals surface area contributed by atoms with Crippen molar-refractivity contribution in [2.75, 3.05) is 26.8 Å². The second-order valence-corrected chi connectivity index (χ2v) is 4.13. The van der Waals surface area contributed by atoms with Gasteiger partial charge in [-0.05, 0) is 19.1 Å². The Morgan fingerprint density at radius 3 is 2.94 bits per heavy atom. The maximum absolute atomic E-state index is 12.3. The van der Waals surface area contributed by atoms with Crippen molar-refractivity contribution in [3.63, 3.8) is 0 Å². The lowest BCUT2D eigenvalue weighted by Gasteiger charge is -2.31. The number of rotatable bonds is 2. The first-order valence-electron chi connectivity index (χ1n) is 5.76. The summed E-state index contributed by atoms with van der Waals surface area (Å²) < 4.78 is 10.6. The van der Waals surface area contributed by atoms with E-state index < -0.39 is 0 Å². The Balaban J connectivity index is 2.18. The summed E-state index contributed by atoms with van der Waals surface area (Å²) >= 11 is 0. The van der Waals surface area contributed by atoms with Gasteiger partial charge in [0, 0.05) is 13.1 Å². The molecule has 0 N–H and O–H groups in total. The molecule has 1 unspecified atom stereocenters. The number of carbonyl (C=O) groups is 1. The second kappa shape index (κ2) is 5.19. The van der Waals surface area contributed by atoms with E-state index in [9.17, 15) is 4.79 Å². The number of hydrogen-bond acceptors (Lipinski definition) is 3. The van der Waals surface area contributed by atoms with E-state index in [2.05, 4.69) is 0 Å². The molecule has 4 heteroatoms. The Hall–Kier alpha value is -1.55. The van der Waals surface area contributed by atoms with E-state index in [1.165, 1.54) is 0 Å². The monoisotopic (exact) mass is 235 g/mol. The molecule has 1 fully saturated rings. The van der Waals surface area contributed by atoms with Crippen molar-refractivity contribution in [3.05, 3.63) is 29.8 Å². The maximum Gasteiger partial charge on any atom is 0.257 e. The Morgan fingerprint density at radius 1 is 1.47 bits per heavy atom. The van der Waals surface area contributed by atoms with E-state index in [1.54, 1.807) is 19.2 Å². The van der Waals surface area contributed by atoms with Gasteiger partial charge in [-0.25, -0.2) is 0 Å². The summed E-state index contributed by atoms with van der Waals surface area (Å²) in [6, 6.07) is 7.30. The number of amides is 1. The van der Waals surface area contributed by atoms with E-state index in [0.717, 1.165) is 0 Å². The van der Waals surface area contributed by atoms with Gasteiger partial charge in [-0.15, -0.1) is 0 Å². The number of ether oxygens (including phenoxy) is 2. The standard InChI is InChI=1S/C13H17NO3/c1-10-9-14(7-8-17-10)13(15)11-5-3-4-6-12(11)16-2/h3-6,10H,7-9H2,1-2H3. The molecule has 1 aromatic rings. The number of para-hydroxylation sites is 1. The van der Waals surface area contributed by atoms with Crippen LogP contribution in [-0.4, -0.2) is 43.7 Å². The molecule has 1 aliphatic heterocycles. The average Bonchev–Trinajstić information content (AvgIpc) is 2.38. The van der Waals surface area contributed by atoms with Gasteiger partial charge in [0.2, 0.25) is 0 Å². The molecule has 1 heterocycles. The minimum absolute atomic E-state index is 0.0117. The summed E-state index contributed by atoms with van der Waals surface area (Å²) in [4.78, 5) is 14.1. The molecule has 0 aromatic heterocycles. The van der Waals surface area contributed by atoms with Crippen molar-refractivity contribution < 1.29 is 14.3 Å². The van der Waals surface area contributed by atoms with Crippen molar-refractivity contribution in [2.24, 2.45) is 0 Å². The zero-order valence-electron chi connectivity index (χ0n) is 10.2. The van der Waals surface area contributed by atoms with Gasteiger partial charge in [0.25, 0.3) is 5.91 Å². The molecule has 0 bridgehead atoms. The van der Waals surface area contributed by atoms with Gasteiger partial charge in [0.15, 0.2) is 0 Å². The lowest BCUT2D eigenvalue weighted by atomic mass is 10.1. The zero-order chi connectivity index (χ0) is 12.3. The van der Waals surface area contributed by atoms with E-state index in [-0.39, 0.29) is 12.0 Å². The molecule has 4 nitrogen and oxygen atoms in total. The van der Waals surface area contributed by atoms with Crippen LogP contribution in [0.25, 0.3) is 0 Å². The van der Waals surface area contributed by atoms with E-state index in [1.807, 2.05) is 24.0 Å². The van der Waals surface area contributed by atoms with E-state index in [0.29, 0.717) is 31.0 Å². The Morgan fingerprint density at radius 2 is 2.24 bits per heavy atom. The first-order chi connectivity index (χ1) is 8.22. The molecule has 0 saturated carbocycles. The third-order valence-corrected chi connectivity index (χ3v) is 2.87. The topological polar surface area (TPSA) is 38.8 Å². The van der Waals surface area contributed by atoms with Crippen LogP contribution in [0.2, 0.25) is 0 Å². The largest absolute Gasteiger partial charge is 0.496 e. The summed E-state index contributed by atoms with van der Waals surface area (Å²) in [6.45, 7) is 3.85. The van der Waals surface area contributed by atoms with Crippen molar-refractivity contribution in [1.82, 2.24) is 4.90 Å². The van der Waals surface area contributed by atoms with Crippen LogP contribution in [0.1, 0.15) is 17.3 Å². The van der Waals surface area contributed by atoms with Gasteiger partial charge in [-0.1, -0.05) is 12.1 Å². The average molecular weight is 235 g/mol. The molecule has 2 rings (SSSR count). The van der Waals surface area contributed by atoms with Crippen LogP contribution in [0.5, 0.6) is 5.75 Å². The van der Waals surface area contributed by atoms with Crippen LogP contribution in [0.3, 0.4) is 0 Å². The van der Waals surface area contributed by atoms with Gasteiger partial charge >= 0.3 is 0 Å². The minimum atomic E-state index is 0.0117. The van der Waals surface area contributed by atoms with Crippen LogP contribution >= 0.6 is 0 Å². The fourth-order valence-corrected chi connectivity index (χ4v) is 1.99. The molecule has 17 heavy (non-hydrogen) atoms. The summed E-state index contributed by atoms with van der Waals surface area (Å²) in [6.07, 6.45) is 0.0995. The fourth-order valence-electron chi connectivity index (χ4n) is 1.99. The van der Waals surface area contributed by atoms with E-state index in [4.69, 9.17) is 9.47 Å². The van der Waals surface area contributed by atoms with Crippen molar-refractivity contribution in [2.45, 2.75) is 13.0 Å². The fraction of sp³-hybridized carbons (Fsp3) is 0.462. The first-order valence-corrected chi connectivity index (χ1v) is 5.76. The molecule has 1 saturated heterocycles. The van der Waals surface area contributed by atoms with Crippen LogP contribution in [-0.2, 0) is 4.74 Å². The SMILES string of the molecule is COc1ccccc1C(=O)N1CCOC(C)C1. The summed E-state index contributed by atoms with van der Waals surface area (Å²) in [7, 11) is 1.58. The van der Waals surface area contributed by atoms with Crippen LogP contribution in [0.15, 0.2) is 24.3 Å². The predicted molar refractivity (Wildman–Crippen MR) is 64.3 cm³/mol. The molecule has 1 atom stereocenters. The molecule has 92 valence electrons. The van der Waals surface area contributed by atoms with Gasteiger partial charge in [-0.3, -0.25) is 4.79 Å². The molecular formula is C13H17NO3. The smallest absolute Gasteiger partial charge is 0.257 e. The molecule has 0 radical (unpaired) electrons. The zero-order valence-corrected chi connectivity index (χ0v) is 10.2. The van der Waals surface area contributed by atoms with Gasteiger partial charge in [0.05, 0.1) is 25.4 Å². The summed E-state index contributed by atoms with van der Waals surface area (Å²) in [5.41, 5.74) is 0.615. The summed E-state index contributed by atoms with van der Waals surface area (Å²) in [5, 5.41) is 0. The van der Waals surface area contributed by atoms with Crippen LogP contribution in [0.4, 0.5) is 0 Å². The number of morpholine rings is 1. The molecule has 1 aliphatic rings. The highest BCUT2D eigenvalue weighted by Gasteiger charge is 2.24. The Kier molecular flexibility index (Phi) is 3.64. The molecule has 0 spiro atoms. The van der Waals surface area contributed by atoms with Crippen molar-refractivity contribution >= 4 is 5.91 Å². The number of hydrogen-bond donors (Lipinski definition) is 0. The quantitative estimate of drug-likeness (QED) is 0.780. The summed E-state index contributed by atoms with van der Waals surface area (Å²) in [5.74, 6) is 0.634. The minimum Gasteiger partial charge on any atom is -0.496 e. The number of benzene rings is 1. The highest BCUT2D eigenvalue weighted by molar-refractivity contribution is 5.97. The lowest BCUT2D eigenvalue weighted by Crippen LogP contribution is -2.44. The number of nitrogens with zero attached hydrogens (tertiary/aromatic N) is 1. The van der Waals surface area contributed by atoms with Gasteiger partial charge < -0.3 is 14.4 Å². The maximum atomic E-state index is 12.3. The Bertz CT molecular complexity index is 405. The lowest BCUT2D eigenvalue weighted by molar-refractivity contribution is -0.0125. The molecular weight excluding hydrogens is 218 g/mol. The molecule has 1 aromatic carbocycles.